The van der Waals surface area contributed by atoms with Gasteiger partial charge in [0.25, 0.3) is 0 Å². The van der Waals surface area contributed by atoms with Gasteiger partial charge >= 0.3 is 69.5 Å². The number of carbonyl (C=O) groups excluding carboxylic acids is 2. The van der Waals surface area contributed by atoms with Gasteiger partial charge in [0.2, 0.25) is 0 Å². The van der Waals surface area contributed by atoms with Crippen molar-refractivity contribution in [1.82, 2.24) is 0 Å². The maximum absolute atomic E-state index is 9.71. The molecule has 0 aliphatic carbocycles. The third kappa shape index (κ3) is 45.0. The van der Waals surface area contributed by atoms with E-state index < -0.39 is 11.9 Å². The van der Waals surface area contributed by atoms with Crippen LogP contribution in [0.15, 0.2) is 0 Å². The predicted molar refractivity (Wildman–Crippen MR) is 103 cm³/mol. The molecule has 0 heterocycles. The molecule has 0 aromatic rings. The van der Waals surface area contributed by atoms with Crippen molar-refractivity contribution in [3.8, 4) is 0 Å². The Bertz CT molecular complexity index is 249. The summed E-state index contributed by atoms with van der Waals surface area (Å²) in [6.07, 6.45) is 13.3. The van der Waals surface area contributed by atoms with Gasteiger partial charge in [0.05, 0.1) is 37.0 Å². The second-order valence-corrected chi connectivity index (χ2v) is 14.3. The van der Waals surface area contributed by atoms with Crippen molar-refractivity contribution in [2.75, 3.05) is 36.5 Å². The molecule has 136 valence electrons. The van der Waals surface area contributed by atoms with Crippen LogP contribution >= 0.6 is 0 Å². The van der Waals surface area contributed by atoms with E-state index in [2.05, 4.69) is 13.8 Å². The summed E-state index contributed by atoms with van der Waals surface area (Å²) in [6.45, 7) is 4.58. The van der Waals surface area contributed by atoms with Gasteiger partial charge in [-0.05, 0) is 21.8 Å². The van der Waals surface area contributed by atoms with Gasteiger partial charge in [-0.2, -0.15) is 0 Å². The fourth-order valence-corrected chi connectivity index (χ4v) is 6.30. The van der Waals surface area contributed by atoms with Crippen molar-refractivity contribution >= 4 is 54.9 Å². The maximum atomic E-state index is 9.71. The molecule has 0 N–H and O–H groups in total. The van der Waals surface area contributed by atoms with Crippen LogP contribution in [0.3, 0.4) is 0 Å². The molecule has 0 aromatic carbocycles. The molecule has 0 atom stereocenters. The molecule has 0 saturated carbocycles. The molecule has 0 saturated heterocycles. The van der Waals surface area contributed by atoms with Gasteiger partial charge in [-0.3, -0.25) is 0 Å². The van der Waals surface area contributed by atoms with Crippen molar-refractivity contribution in [3.63, 3.8) is 0 Å². The van der Waals surface area contributed by atoms with Crippen LogP contribution in [-0.2, 0) is 31.4 Å². The first-order chi connectivity index (χ1) is 10.7. The Kier molecular flexibility index (Phi) is 27.6. The molecular weight excluding hydrogens is 439 g/mol. The smallest absolute Gasteiger partial charge is 0.146 e. The fourth-order valence-electron chi connectivity index (χ4n) is 1.20. The van der Waals surface area contributed by atoms with Gasteiger partial charge in [0.1, 0.15) is 11.5 Å². The van der Waals surface area contributed by atoms with E-state index in [1.807, 2.05) is 25.0 Å². The van der Waals surface area contributed by atoms with E-state index in [0.29, 0.717) is 0 Å². The van der Waals surface area contributed by atoms with Crippen molar-refractivity contribution in [1.29, 1.82) is 0 Å². The minimum atomic E-state index is -0.951. The average molecular weight is 473 g/mol. The van der Waals surface area contributed by atoms with Crippen molar-refractivity contribution in [2.45, 2.75) is 48.4 Å². The Labute approximate surface area is 159 Å². The fraction of sp³-hybridized carbons (Fsp3) is 0.875. The quantitative estimate of drug-likeness (QED) is 0.261. The number of hydrogen-bond acceptors (Lipinski definition) is 4. The number of carbonyl (C=O) groups is 2. The Morgan fingerprint density at radius 2 is 1.09 bits per heavy atom. The molecule has 0 radical (unpaired) electrons. The largest absolute Gasteiger partial charge is 0.545 e. The summed E-state index contributed by atoms with van der Waals surface area (Å²) in [7, 11) is -0.0154. The molecule has 0 aliphatic heterocycles. The van der Waals surface area contributed by atoms with E-state index in [9.17, 15) is 19.8 Å². The first-order valence-electron chi connectivity index (χ1n) is 7.86. The Hall–Kier alpha value is 0.439. The zero-order valence-corrected chi connectivity index (χ0v) is 20.1. The van der Waals surface area contributed by atoms with Crippen LogP contribution in [0.2, 0.25) is 8.87 Å². The van der Waals surface area contributed by atoms with Crippen molar-refractivity contribution < 1.29 is 19.8 Å². The summed E-state index contributed by atoms with van der Waals surface area (Å²) in [4.78, 5) is 19.4. The molecule has 0 aromatic heterocycles. The number of rotatable bonds is 10. The average Bonchev–Trinajstić information content (AvgIpc) is 2.36. The van der Waals surface area contributed by atoms with E-state index in [4.69, 9.17) is 0 Å². The van der Waals surface area contributed by atoms with Crippen LogP contribution in [0.4, 0.5) is 0 Å². The van der Waals surface area contributed by atoms with Crippen LogP contribution in [0, 0.1) is 0 Å². The van der Waals surface area contributed by atoms with Gasteiger partial charge in [-0.1, -0.05) is 0 Å². The second kappa shape index (κ2) is 22.4. The molecule has 4 nitrogen and oxygen atoms in total. The van der Waals surface area contributed by atoms with E-state index in [1.54, 1.807) is 8.87 Å². The molecule has 23 heavy (non-hydrogen) atoms. The van der Waals surface area contributed by atoms with Crippen LogP contribution in [0.25, 0.3) is 0 Å². The molecule has 7 heteroatoms. The first-order valence-corrected chi connectivity index (χ1v) is 16.3. The summed E-state index contributed by atoms with van der Waals surface area (Å²) in [6, 6.07) is 0. The van der Waals surface area contributed by atoms with Gasteiger partial charge in [-0.15, -0.1) is 0 Å². The standard InChI is InChI=1S/2C4H8O2S.2C4H9.Sn/c2*1-7(2)3-4(5)6;2*1-3-4-2;/h2*3H2,1-2H3;2*1,3-4H2,2H3;/q;;;;+2. The number of carboxylic acid groups (broad SMARTS) is 2. The summed E-state index contributed by atoms with van der Waals surface area (Å²) in [5.41, 5.74) is 0. The molecule has 0 fully saturated rings. The van der Waals surface area contributed by atoms with Gasteiger partial charge in [-0.25, -0.2) is 0 Å². The minimum absolute atomic E-state index is 0.00772. The van der Waals surface area contributed by atoms with Crippen molar-refractivity contribution in [2.24, 2.45) is 0 Å². The minimum Gasteiger partial charge on any atom is -0.545 e. The number of aliphatic carboxylic acids is 2. The monoisotopic (exact) mass is 474 g/mol. The molecule has 0 spiro atoms. The Balaban J connectivity index is -0.000000264. The number of hydrogen-bond donors (Lipinski definition) is 0. The van der Waals surface area contributed by atoms with E-state index in [-0.39, 0.29) is 54.4 Å². The predicted octanol–water partition coefficient (Wildman–Crippen LogP) is 0.356. The van der Waals surface area contributed by atoms with E-state index in [0.717, 1.165) is 0 Å². The molecule has 0 bridgehead atoms. The normalized spacial score (nSPS) is 9.39. The number of unbranched alkanes of at least 4 members (excludes halogenated alkanes) is 2. The molecule has 0 amide bonds. The summed E-state index contributed by atoms with van der Waals surface area (Å²) in [5.74, 6) is -1.51. The first kappa shape index (κ1) is 28.3. The zero-order valence-electron chi connectivity index (χ0n) is 15.6. The van der Waals surface area contributed by atoms with Crippen LogP contribution in [-0.4, -0.2) is 69.6 Å². The Morgan fingerprint density at radius 3 is 1.22 bits per heavy atom. The molecule has 0 rings (SSSR count). The second-order valence-electron chi connectivity index (χ2n) is 5.46. The topological polar surface area (TPSA) is 80.3 Å². The molecular formula is C16H34O4S2Sn+2. The summed E-state index contributed by atoms with van der Waals surface area (Å²) >= 11 is 0.149. The van der Waals surface area contributed by atoms with Gasteiger partial charge < -0.3 is 19.8 Å². The van der Waals surface area contributed by atoms with E-state index in [1.165, 1.54) is 25.7 Å². The third-order valence-electron chi connectivity index (χ3n) is 2.23. The number of carboxylic acids is 2. The van der Waals surface area contributed by atoms with Crippen LogP contribution in [0.1, 0.15) is 39.5 Å². The summed E-state index contributed by atoms with van der Waals surface area (Å²) < 4.78 is 3.25. The van der Waals surface area contributed by atoms with Crippen LogP contribution in [0.5, 0.6) is 0 Å². The van der Waals surface area contributed by atoms with Crippen LogP contribution < -0.4 is 10.2 Å². The summed E-state index contributed by atoms with van der Waals surface area (Å²) in [5, 5.41) is 19.4. The molecule has 0 aliphatic rings. The SMILES string of the molecule is CCC[CH2][Sn+2][CH2]CCC.C[S+](C)CC(=O)[O-].C[S+](C)CC(=O)[O-]. The third-order valence-corrected chi connectivity index (χ3v) is 7.89. The van der Waals surface area contributed by atoms with Gasteiger partial charge in [0.15, 0.2) is 0 Å². The molecule has 0 unspecified atom stereocenters. The van der Waals surface area contributed by atoms with E-state index >= 15 is 0 Å². The Morgan fingerprint density at radius 1 is 0.783 bits per heavy atom. The maximum Gasteiger partial charge on any atom is 0.146 e. The zero-order chi connectivity index (χ0) is 18.7. The van der Waals surface area contributed by atoms with Crippen molar-refractivity contribution in [3.05, 3.63) is 0 Å². The van der Waals surface area contributed by atoms with Gasteiger partial charge in [0, 0.05) is 0 Å².